The molecular weight excluding hydrogens is 221 g/mol. The maximum absolute atomic E-state index is 13.5. The van der Waals surface area contributed by atoms with Crippen LogP contribution in [0.15, 0.2) is 18.2 Å². The molecule has 1 aromatic carbocycles. The lowest BCUT2D eigenvalue weighted by molar-refractivity contribution is 0.192. The number of methoxy groups -OCH3 is 2. The van der Waals surface area contributed by atoms with Crippen LogP contribution in [0.5, 0.6) is 5.75 Å². The van der Waals surface area contributed by atoms with Gasteiger partial charge in [-0.1, -0.05) is 6.07 Å². The van der Waals surface area contributed by atoms with Crippen LogP contribution >= 0.6 is 0 Å². The van der Waals surface area contributed by atoms with Gasteiger partial charge >= 0.3 is 0 Å². The van der Waals surface area contributed by atoms with Crippen molar-refractivity contribution in [2.75, 3.05) is 27.4 Å². The SMILES string of the molecule is COCCCCNCc1ccc(OC)cc1F. The van der Waals surface area contributed by atoms with Crippen LogP contribution in [0.2, 0.25) is 0 Å². The van der Waals surface area contributed by atoms with Gasteiger partial charge in [0.25, 0.3) is 0 Å². The molecule has 96 valence electrons. The van der Waals surface area contributed by atoms with Crippen LogP contribution in [0.1, 0.15) is 18.4 Å². The second kappa shape index (κ2) is 8.03. The molecule has 0 saturated heterocycles. The van der Waals surface area contributed by atoms with Gasteiger partial charge in [-0.25, -0.2) is 4.39 Å². The molecule has 0 aliphatic rings. The molecule has 0 aliphatic carbocycles. The highest BCUT2D eigenvalue weighted by Crippen LogP contribution is 2.15. The Morgan fingerprint density at radius 3 is 2.71 bits per heavy atom. The first-order valence-electron chi connectivity index (χ1n) is 5.80. The van der Waals surface area contributed by atoms with Gasteiger partial charge in [0.15, 0.2) is 0 Å². The predicted molar refractivity (Wildman–Crippen MR) is 65.8 cm³/mol. The Balaban J connectivity index is 2.27. The lowest BCUT2D eigenvalue weighted by Crippen LogP contribution is -2.16. The van der Waals surface area contributed by atoms with Gasteiger partial charge in [0.05, 0.1) is 7.11 Å². The number of nitrogens with one attached hydrogen (secondary N) is 1. The van der Waals surface area contributed by atoms with E-state index in [2.05, 4.69) is 5.32 Å². The normalized spacial score (nSPS) is 10.5. The lowest BCUT2D eigenvalue weighted by Gasteiger charge is -2.07. The summed E-state index contributed by atoms with van der Waals surface area (Å²) in [4.78, 5) is 0. The molecule has 0 bridgehead atoms. The number of hydrogen-bond acceptors (Lipinski definition) is 3. The van der Waals surface area contributed by atoms with Gasteiger partial charge in [-0.15, -0.1) is 0 Å². The fraction of sp³-hybridized carbons (Fsp3) is 0.538. The van der Waals surface area contributed by atoms with Crippen molar-refractivity contribution in [3.63, 3.8) is 0 Å². The van der Waals surface area contributed by atoms with Gasteiger partial charge in [0, 0.05) is 31.9 Å². The smallest absolute Gasteiger partial charge is 0.131 e. The van der Waals surface area contributed by atoms with Crippen LogP contribution in [0.4, 0.5) is 4.39 Å². The topological polar surface area (TPSA) is 30.5 Å². The third-order valence-electron chi connectivity index (χ3n) is 2.53. The molecule has 0 atom stereocenters. The number of halogens is 1. The maximum atomic E-state index is 13.5. The van der Waals surface area contributed by atoms with Crippen LogP contribution in [0.3, 0.4) is 0 Å². The molecule has 0 aromatic heterocycles. The summed E-state index contributed by atoms with van der Waals surface area (Å²) in [5.74, 6) is 0.320. The van der Waals surface area contributed by atoms with Crippen molar-refractivity contribution in [2.24, 2.45) is 0 Å². The molecule has 0 fully saturated rings. The summed E-state index contributed by atoms with van der Waals surface area (Å²) in [6.07, 6.45) is 2.06. The van der Waals surface area contributed by atoms with Crippen molar-refractivity contribution in [3.05, 3.63) is 29.6 Å². The van der Waals surface area contributed by atoms with Gasteiger partial charge in [0.1, 0.15) is 11.6 Å². The third-order valence-corrected chi connectivity index (χ3v) is 2.53. The van der Waals surface area contributed by atoms with E-state index in [9.17, 15) is 4.39 Å². The number of unbranched alkanes of at least 4 members (excludes halogenated alkanes) is 1. The predicted octanol–water partition coefficient (Wildman–Crippen LogP) is 2.35. The first-order valence-corrected chi connectivity index (χ1v) is 5.80. The largest absolute Gasteiger partial charge is 0.497 e. The summed E-state index contributed by atoms with van der Waals surface area (Å²) in [5.41, 5.74) is 0.664. The van der Waals surface area contributed by atoms with Crippen LogP contribution in [-0.2, 0) is 11.3 Å². The molecule has 4 heteroatoms. The highest BCUT2D eigenvalue weighted by Gasteiger charge is 2.03. The summed E-state index contributed by atoms with van der Waals surface area (Å²) in [5, 5.41) is 3.20. The van der Waals surface area contributed by atoms with E-state index in [0.29, 0.717) is 17.9 Å². The zero-order valence-corrected chi connectivity index (χ0v) is 10.5. The van der Waals surface area contributed by atoms with Crippen molar-refractivity contribution in [3.8, 4) is 5.75 Å². The Morgan fingerprint density at radius 1 is 1.24 bits per heavy atom. The van der Waals surface area contributed by atoms with Crippen molar-refractivity contribution in [1.29, 1.82) is 0 Å². The molecular formula is C13H20FNO2. The molecule has 17 heavy (non-hydrogen) atoms. The van der Waals surface area contributed by atoms with Crippen molar-refractivity contribution >= 4 is 0 Å². The maximum Gasteiger partial charge on any atom is 0.131 e. The van der Waals surface area contributed by atoms with E-state index in [1.165, 1.54) is 13.2 Å². The van der Waals surface area contributed by atoms with E-state index < -0.39 is 0 Å². The van der Waals surface area contributed by atoms with E-state index >= 15 is 0 Å². The van der Waals surface area contributed by atoms with Crippen LogP contribution in [-0.4, -0.2) is 27.4 Å². The molecule has 0 spiro atoms. The Bertz CT molecular complexity index is 331. The molecule has 1 N–H and O–H groups in total. The molecule has 3 nitrogen and oxygen atoms in total. The Labute approximate surface area is 102 Å². The summed E-state index contributed by atoms with van der Waals surface area (Å²) in [6.45, 7) is 2.19. The van der Waals surface area contributed by atoms with Gasteiger partial charge in [0.2, 0.25) is 0 Å². The fourth-order valence-electron chi connectivity index (χ4n) is 1.52. The molecule has 0 saturated carbocycles. The Kier molecular flexibility index (Phi) is 6.58. The molecule has 1 aromatic rings. The average molecular weight is 241 g/mol. The molecule has 1 rings (SSSR count). The molecule has 0 amide bonds. The zero-order chi connectivity index (χ0) is 12.5. The summed E-state index contributed by atoms with van der Waals surface area (Å²) < 4.78 is 23.4. The average Bonchev–Trinajstić information content (AvgIpc) is 2.35. The third kappa shape index (κ3) is 5.15. The van der Waals surface area contributed by atoms with Crippen LogP contribution in [0, 0.1) is 5.82 Å². The summed E-state index contributed by atoms with van der Waals surface area (Å²) in [6, 6.07) is 4.92. The van der Waals surface area contributed by atoms with E-state index in [-0.39, 0.29) is 5.82 Å². The van der Waals surface area contributed by atoms with Gasteiger partial charge in [-0.3, -0.25) is 0 Å². The highest BCUT2D eigenvalue weighted by molar-refractivity contribution is 5.28. The molecule has 0 radical (unpaired) electrons. The van der Waals surface area contributed by atoms with E-state index in [1.807, 2.05) is 0 Å². The Hall–Kier alpha value is -1.13. The van der Waals surface area contributed by atoms with Gasteiger partial charge in [-0.2, -0.15) is 0 Å². The van der Waals surface area contributed by atoms with E-state index in [4.69, 9.17) is 9.47 Å². The second-order valence-corrected chi connectivity index (χ2v) is 3.83. The minimum Gasteiger partial charge on any atom is -0.497 e. The van der Waals surface area contributed by atoms with Crippen LogP contribution < -0.4 is 10.1 Å². The summed E-state index contributed by atoms with van der Waals surface area (Å²) in [7, 11) is 3.22. The quantitative estimate of drug-likeness (QED) is 0.709. The molecule has 0 heterocycles. The highest BCUT2D eigenvalue weighted by atomic mass is 19.1. The zero-order valence-electron chi connectivity index (χ0n) is 10.5. The molecule has 0 unspecified atom stereocenters. The minimum atomic E-state index is -0.228. The lowest BCUT2D eigenvalue weighted by atomic mass is 10.2. The minimum absolute atomic E-state index is 0.228. The fourth-order valence-corrected chi connectivity index (χ4v) is 1.52. The number of ether oxygens (including phenoxy) is 2. The number of rotatable bonds is 8. The van der Waals surface area contributed by atoms with Crippen molar-refractivity contribution in [2.45, 2.75) is 19.4 Å². The van der Waals surface area contributed by atoms with Crippen molar-refractivity contribution in [1.82, 2.24) is 5.32 Å². The molecule has 0 aliphatic heterocycles. The second-order valence-electron chi connectivity index (χ2n) is 3.83. The Morgan fingerprint density at radius 2 is 2.06 bits per heavy atom. The van der Waals surface area contributed by atoms with E-state index in [1.54, 1.807) is 19.2 Å². The van der Waals surface area contributed by atoms with Gasteiger partial charge < -0.3 is 14.8 Å². The number of hydrogen-bond donors (Lipinski definition) is 1. The standard InChI is InChI=1S/C13H20FNO2/c1-16-8-4-3-7-15-10-11-5-6-12(17-2)9-13(11)14/h5-6,9,15H,3-4,7-8,10H2,1-2H3. The number of benzene rings is 1. The first kappa shape index (κ1) is 13.9. The van der Waals surface area contributed by atoms with Gasteiger partial charge in [-0.05, 0) is 25.5 Å². The summed E-state index contributed by atoms with van der Waals surface area (Å²) >= 11 is 0. The van der Waals surface area contributed by atoms with Crippen LogP contribution in [0.25, 0.3) is 0 Å². The first-order chi connectivity index (χ1) is 8.27. The van der Waals surface area contributed by atoms with Crippen molar-refractivity contribution < 1.29 is 13.9 Å². The monoisotopic (exact) mass is 241 g/mol. The van der Waals surface area contributed by atoms with E-state index in [0.717, 1.165) is 26.0 Å².